The van der Waals surface area contributed by atoms with Gasteiger partial charge < -0.3 is 5.32 Å². The Labute approximate surface area is 144 Å². The van der Waals surface area contributed by atoms with Crippen molar-refractivity contribution in [3.05, 3.63) is 53.3 Å². The quantitative estimate of drug-likeness (QED) is 0.931. The fraction of sp³-hybridized carbons (Fsp3) is 0.176. The van der Waals surface area contributed by atoms with Gasteiger partial charge in [-0.2, -0.15) is 5.10 Å². The molecule has 0 saturated heterocycles. The third-order valence-electron chi connectivity index (χ3n) is 3.61. The van der Waals surface area contributed by atoms with Crippen LogP contribution in [0.2, 0.25) is 5.02 Å². The molecule has 1 N–H and O–H groups in total. The zero-order chi connectivity index (χ0) is 17.1. The SMILES string of the molecule is Cc1ccc(N2N=C(C(=O)Nc3cccnc3)CCC2=O)cc1Cl. The first-order valence-corrected chi connectivity index (χ1v) is 7.80. The monoisotopic (exact) mass is 342 g/mol. The van der Waals surface area contributed by atoms with E-state index in [1.165, 1.54) is 5.01 Å². The Kier molecular flexibility index (Phi) is 4.57. The minimum Gasteiger partial charge on any atom is -0.319 e. The minimum atomic E-state index is -0.348. The van der Waals surface area contributed by atoms with Gasteiger partial charge >= 0.3 is 0 Å². The Morgan fingerprint density at radius 1 is 1.29 bits per heavy atom. The van der Waals surface area contributed by atoms with Crippen LogP contribution in [0.25, 0.3) is 0 Å². The average Bonchev–Trinajstić information content (AvgIpc) is 2.59. The van der Waals surface area contributed by atoms with Crippen molar-refractivity contribution in [1.29, 1.82) is 0 Å². The van der Waals surface area contributed by atoms with E-state index in [1.54, 1.807) is 36.7 Å². The van der Waals surface area contributed by atoms with E-state index < -0.39 is 0 Å². The number of anilines is 2. The number of benzene rings is 1. The summed E-state index contributed by atoms with van der Waals surface area (Å²) in [6.07, 6.45) is 3.67. The summed E-state index contributed by atoms with van der Waals surface area (Å²) >= 11 is 6.11. The van der Waals surface area contributed by atoms with Crippen molar-refractivity contribution >= 4 is 40.5 Å². The molecule has 6 nitrogen and oxygen atoms in total. The summed E-state index contributed by atoms with van der Waals surface area (Å²) in [6.45, 7) is 1.88. The van der Waals surface area contributed by atoms with Crippen molar-refractivity contribution < 1.29 is 9.59 Å². The summed E-state index contributed by atoms with van der Waals surface area (Å²) in [7, 11) is 0. The maximum Gasteiger partial charge on any atom is 0.271 e. The largest absolute Gasteiger partial charge is 0.319 e. The topological polar surface area (TPSA) is 74.7 Å². The van der Waals surface area contributed by atoms with E-state index in [0.717, 1.165) is 5.56 Å². The lowest BCUT2D eigenvalue weighted by molar-refractivity contribution is -0.118. The number of hydrogen-bond acceptors (Lipinski definition) is 4. The molecule has 2 aromatic rings. The predicted octanol–water partition coefficient (Wildman–Crippen LogP) is 3.16. The first-order valence-electron chi connectivity index (χ1n) is 7.42. The molecule has 1 aliphatic rings. The molecule has 0 unspecified atom stereocenters. The summed E-state index contributed by atoms with van der Waals surface area (Å²) in [5, 5.41) is 8.71. The van der Waals surface area contributed by atoms with E-state index >= 15 is 0 Å². The molecule has 0 aliphatic carbocycles. The molecular weight excluding hydrogens is 328 g/mol. The Bertz CT molecular complexity index is 821. The summed E-state index contributed by atoms with van der Waals surface area (Å²) in [5.41, 5.74) is 2.31. The molecule has 24 heavy (non-hydrogen) atoms. The molecule has 2 amide bonds. The van der Waals surface area contributed by atoms with E-state index in [2.05, 4.69) is 15.4 Å². The molecule has 1 aromatic carbocycles. The molecule has 0 atom stereocenters. The standard InChI is InChI=1S/C17H15ClN4O2/c1-11-4-5-13(9-14(11)18)22-16(23)7-6-15(21-22)17(24)20-12-3-2-8-19-10-12/h2-5,8-10H,6-7H2,1H3,(H,20,24). The van der Waals surface area contributed by atoms with Gasteiger partial charge in [0.1, 0.15) is 5.71 Å². The van der Waals surface area contributed by atoms with E-state index in [4.69, 9.17) is 11.6 Å². The molecule has 0 spiro atoms. The van der Waals surface area contributed by atoms with E-state index in [0.29, 0.717) is 22.8 Å². The minimum absolute atomic E-state index is 0.173. The highest BCUT2D eigenvalue weighted by Gasteiger charge is 2.26. The second-order valence-corrected chi connectivity index (χ2v) is 5.79. The highest BCUT2D eigenvalue weighted by molar-refractivity contribution is 6.44. The molecule has 3 rings (SSSR count). The lowest BCUT2D eigenvalue weighted by Gasteiger charge is -2.23. The maximum absolute atomic E-state index is 12.3. The van der Waals surface area contributed by atoms with Crippen LogP contribution in [0.4, 0.5) is 11.4 Å². The first kappa shape index (κ1) is 16.1. The van der Waals surface area contributed by atoms with Crippen LogP contribution >= 0.6 is 11.6 Å². The molecule has 1 aliphatic heterocycles. The Morgan fingerprint density at radius 3 is 2.83 bits per heavy atom. The van der Waals surface area contributed by atoms with Crippen LogP contribution in [0.15, 0.2) is 47.8 Å². The first-order chi connectivity index (χ1) is 11.5. The van der Waals surface area contributed by atoms with Crippen LogP contribution in [0, 0.1) is 6.92 Å². The number of nitrogens with one attached hydrogen (secondary N) is 1. The molecule has 1 aromatic heterocycles. The fourth-order valence-corrected chi connectivity index (χ4v) is 2.45. The third-order valence-corrected chi connectivity index (χ3v) is 4.02. The van der Waals surface area contributed by atoms with Crippen molar-refractivity contribution in [2.75, 3.05) is 10.3 Å². The number of hydrazone groups is 1. The highest BCUT2D eigenvalue weighted by atomic mass is 35.5. The number of nitrogens with zero attached hydrogens (tertiary/aromatic N) is 3. The predicted molar refractivity (Wildman–Crippen MR) is 93.2 cm³/mol. The van der Waals surface area contributed by atoms with Crippen LogP contribution < -0.4 is 10.3 Å². The van der Waals surface area contributed by atoms with Crippen molar-refractivity contribution in [1.82, 2.24) is 4.98 Å². The van der Waals surface area contributed by atoms with Crippen LogP contribution in [0.5, 0.6) is 0 Å². The van der Waals surface area contributed by atoms with Gasteiger partial charge in [-0.25, -0.2) is 5.01 Å². The number of carbonyl (C=O) groups is 2. The number of aryl methyl sites for hydroxylation is 1. The number of halogens is 1. The van der Waals surface area contributed by atoms with Gasteiger partial charge in [-0.1, -0.05) is 17.7 Å². The molecule has 122 valence electrons. The lowest BCUT2D eigenvalue weighted by Crippen LogP contribution is -2.36. The normalized spacial score (nSPS) is 14.3. The van der Waals surface area contributed by atoms with Gasteiger partial charge in [0.15, 0.2) is 0 Å². The van der Waals surface area contributed by atoms with E-state index in [1.807, 2.05) is 13.0 Å². The fourth-order valence-electron chi connectivity index (χ4n) is 2.27. The van der Waals surface area contributed by atoms with Crippen molar-refractivity contribution in [2.24, 2.45) is 5.10 Å². The van der Waals surface area contributed by atoms with Gasteiger partial charge in [-0.05, 0) is 36.8 Å². The van der Waals surface area contributed by atoms with Crippen LogP contribution in [-0.2, 0) is 9.59 Å². The zero-order valence-corrected chi connectivity index (χ0v) is 13.7. The van der Waals surface area contributed by atoms with Gasteiger partial charge in [0.05, 0.1) is 17.6 Å². The summed E-state index contributed by atoms with van der Waals surface area (Å²) in [4.78, 5) is 28.4. The average molecular weight is 343 g/mol. The van der Waals surface area contributed by atoms with Crippen LogP contribution in [-0.4, -0.2) is 22.5 Å². The number of carbonyl (C=O) groups excluding carboxylic acids is 2. The van der Waals surface area contributed by atoms with E-state index in [-0.39, 0.29) is 23.9 Å². The van der Waals surface area contributed by atoms with Crippen molar-refractivity contribution in [3.63, 3.8) is 0 Å². The van der Waals surface area contributed by atoms with Gasteiger partial charge in [0.2, 0.25) is 5.91 Å². The van der Waals surface area contributed by atoms with Gasteiger partial charge in [-0.15, -0.1) is 0 Å². The number of aromatic nitrogens is 1. The number of hydrogen-bond donors (Lipinski definition) is 1. The second kappa shape index (κ2) is 6.80. The van der Waals surface area contributed by atoms with Gasteiger partial charge in [0, 0.05) is 24.1 Å². The number of rotatable bonds is 3. The van der Waals surface area contributed by atoms with Crippen molar-refractivity contribution in [3.8, 4) is 0 Å². The second-order valence-electron chi connectivity index (χ2n) is 5.38. The third kappa shape index (κ3) is 3.44. The van der Waals surface area contributed by atoms with Crippen molar-refractivity contribution in [2.45, 2.75) is 19.8 Å². The Balaban J connectivity index is 1.85. The van der Waals surface area contributed by atoms with Gasteiger partial charge in [-0.3, -0.25) is 14.6 Å². The van der Waals surface area contributed by atoms with E-state index in [9.17, 15) is 9.59 Å². The van der Waals surface area contributed by atoms with Gasteiger partial charge in [0.25, 0.3) is 5.91 Å². The summed E-state index contributed by atoms with van der Waals surface area (Å²) in [5.74, 6) is -0.522. The summed E-state index contributed by atoms with van der Waals surface area (Å²) in [6, 6.07) is 8.69. The molecule has 2 heterocycles. The molecule has 0 radical (unpaired) electrons. The van der Waals surface area contributed by atoms with Crippen LogP contribution in [0.3, 0.4) is 0 Å². The lowest BCUT2D eigenvalue weighted by atomic mass is 10.1. The Hall–Kier alpha value is -2.73. The maximum atomic E-state index is 12.3. The number of pyridine rings is 1. The highest BCUT2D eigenvalue weighted by Crippen LogP contribution is 2.26. The number of amides is 2. The smallest absolute Gasteiger partial charge is 0.271 e. The van der Waals surface area contributed by atoms with Crippen LogP contribution in [0.1, 0.15) is 18.4 Å². The zero-order valence-electron chi connectivity index (χ0n) is 13.0. The summed E-state index contributed by atoms with van der Waals surface area (Å²) < 4.78 is 0. The molecule has 0 bridgehead atoms. The molecule has 7 heteroatoms. The Morgan fingerprint density at radius 2 is 2.12 bits per heavy atom. The molecule has 0 fully saturated rings. The molecule has 0 saturated carbocycles. The molecular formula is C17H15ClN4O2.